The molecule has 3 heteroatoms. The van der Waals surface area contributed by atoms with Gasteiger partial charge >= 0.3 is 0 Å². The fraction of sp³-hybridized carbons (Fsp3) is 0.500. The summed E-state index contributed by atoms with van der Waals surface area (Å²) in [5, 5.41) is 0. The van der Waals surface area contributed by atoms with E-state index in [1.54, 1.807) is 0 Å². The van der Waals surface area contributed by atoms with Crippen molar-refractivity contribution in [1.29, 1.82) is 0 Å². The van der Waals surface area contributed by atoms with Gasteiger partial charge in [0.2, 0.25) is 5.88 Å². The van der Waals surface area contributed by atoms with Crippen LogP contribution in [-0.2, 0) is 13.0 Å². The molecule has 0 unspecified atom stereocenters. The van der Waals surface area contributed by atoms with Crippen molar-refractivity contribution in [1.82, 2.24) is 4.98 Å². The van der Waals surface area contributed by atoms with Crippen molar-refractivity contribution in [2.45, 2.75) is 39.7 Å². The van der Waals surface area contributed by atoms with Gasteiger partial charge in [-0.05, 0) is 25.0 Å². The van der Waals surface area contributed by atoms with Crippen molar-refractivity contribution in [2.24, 2.45) is 5.73 Å². The molecular weight excluding hydrogens is 212 g/mol. The van der Waals surface area contributed by atoms with Crippen LogP contribution in [-0.4, -0.2) is 11.6 Å². The Morgan fingerprint density at radius 3 is 2.82 bits per heavy atom. The Morgan fingerprint density at radius 2 is 2.24 bits per heavy atom. The molecule has 17 heavy (non-hydrogen) atoms. The van der Waals surface area contributed by atoms with E-state index in [2.05, 4.69) is 24.6 Å². The van der Waals surface area contributed by atoms with E-state index in [0.29, 0.717) is 19.0 Å². The third-order valence-corrected chi connectivity index (χ3v) is 2.44. The molecule has 0 fully saturated rings. The number of ether oxygens (including phenoxy) is 1. The Morgan fingerprint density at radius 1 is 1.47 bits per heavy atom. The van der Waals surface area contributed by atoms with E-state index in [4.69, 9.17) is 10.5 Å². The topological polar surface area (TPSA) is 48.1 Å². The fourth-order valence-corrected chi connectivity index (χ4v) is 1.53. The van der Waals surface area contributed by atoms with Crippen LogP contribution in [0, 0.1) is 0 Å². The summed E-state index contributed by atoms with van der Waals surface area (Å²) in [6.07, 6.45) is 2.90. The minimum atomic E-state index is 0.524. The SMILES string of the molecule is C=C(C)CCOc1cc(CN)cc(CCC)n1. The van der Waals surface area contributed by atoms with Gasteiger partial charge in [0.05, 0.1) is 6.61 Å². The molecule has 0 atom stereocenters. The van der Waals surface area contributed by atoms with Crippen LogP contribution in [0.2, 0.25) is 0 Å². The van der Waals surface area contributed by atoms with Crippen LogP contribution in [0.1, 0.15) is 37.9 Å². The highest BCUT2D eigenvalue weighted by Gasteiger charge is 2.02. The Labute approximate surface area is 104 Å². The molecule has 0 spiro atoms. The molecule has 1 heterocycles. The molecule has 0 saturated heterocycles. The van der Waals surface area contributed by atoms with Crippen LogP contribution in [0.5, 0.6) is 5.88 Å². The summed E-state index contributed by atoms with van der Waals surface area (Å²) in [5.41, 5.74) is 8.92. The molecule has 3 nitrogen and oxygen atoms in total. The first kappa shape index (κ1) is 13.7. The van der Waals surface area contributed by atoms with E-state index in [9.17, 15) is 0 Å². The zero-order valence-corrected chi connectivity index (χ0v) is 10.8. The van der Waals surface area contributed by atoms with Gasteiger partial charge in [-0.2, -0.15) is 0 Å². The second-order valence-corrected chi connectivity index (χ2v) is 4.31. The average Bonchev–Trinajstić information content (AvgIpc) is 2.28. The van der Waals surface area contributed by atoms with Crippen molar-refractivity contribution in [3.63, 3.8) is 0 Å². The Balaban J connectivity index is 2.69. The molecule has 0 aliphatic carbocycles. The van der Waals surface area contributed by atoms with Gasteiger partial charge in [0.25, 0.3) is 0 Å². The molecule has 0 aromatic carbocycles. The quantitative estimate of drug-likeness (QED) is 0.738. The maximum Gasteiger partial charge on any atom is 0.213 e. The van der Waals surface area contributed by atoms with Gasteiger partial charge in [-0.25, -0.2) is 4.98 Å². The lowest BCUT2D eigenvalue weighted by molar-refractivity contribution is 0.308. The number of hydrogen-bond acceptors (Lipinski definition) is 3. The summed E-state index contributed by atoms with van der Waals surface area (Å²) < 4.78 is 5.62. The summed E-state index contributed by atoms with van der Waals surface area (Å²) in [7, 11) is 0. The molecule has 0 aliphatic heterocycles. The first-order chi connectivity index (χ1) is 8.15. The van der Waals surface area contributed by atoms with Crippen molar-refractivity contribution in [3.8, 4) is 5.88 Å². The molecule has 0 radical (unpaired) electrons. The third-order valence-electron chi connectivity index (χ3n) is 2.44. The number of aromatic nitrogens is 1. The number of nitrogens with zero attached hydrogens (tertiary/aromatic N) is 1. The monoisotopic (exact) mass is 234 g/mol. The van der Waals surface area contributed by atoms with E-state index < -0.39 is 0 Å². The highest BCUT2D eigenvalue weighted by atomic mass is 16.5. The van der Waals surface area contributed by atoms with Crippen molar-refractivity contribution in [3.05, 3.63) is 35.5 Å². The Hall–Kier alpha value is -1.35. The number of hydrogen-bond donors (Lipinski definition) is 1. The standard InChI is InChI=1S/C14H22N2O/c1-4-5-13-8-12(10-15)9-14(16-13)17-7-6-11(2)3/h8-9H,2,4-7,10,15H2,1,3H3. The molecule has 2 N–H and O–H groups in total. The molecule has 1 rings (SSSR count). The minimum Gasteiger partial charge on any atom is -0.477 e. The van der Waals surface area contributed by atoms with Gasteiger partial charge in [0.1, 0.15) is 0 Å². The summed E-state index contributed by atoms with van der Waals surface area (Å²) >= 11 is 0. The van der Waals surface area contributed by atoms with Crippen LogP contribution < -0.4 is 10.5 Å². The largest absolute Gasteiger partial charge is 0.477 e. The lowest BCUT2D eigenvalue weighted by Gasteiger charge is -2.09. The highest BCUT2D eigenvalue weighted by Crippen LogP contribution is 2.14. The van der Waals surface area contributed by atoms with Gasteiger partial charge in [0.15, 0.2) is 0 Å². The van der Waals surface area contributed by atoms with E-state index in [0.717, 1.165) is 36.1 Å². The van der Waals surface area contributed by atoms with Crippen LogP contribution in [0.3, 0.4) is 0 Å². The lowest BCUT2D eigenvalue weighted by atomic mass is 10.1. The van der Waals surface area contributed by atoms with Gasteiger partial charge in [0, 0.05) is 24.7 Å². The predicted molar refractivity (Wildman–Crippen MR) is 71.0 cm³/mol. The molecule has 1 aromatic heterocycles. The normalized spacial score (nSPS) is 10.3. The maximum atomic E-state index is 5.66. The van der Waals surface area contributed by atoms with E-state index in [1.165, 1.54) is 0 Å². The van der Waals surface area contributed by atoms with Gasteiger partial charge in [-0.15, -0.1) is 6.58 Å². The summed E-state index contributed by atoms with van der Waals surface area (Å²) in [6.45, 7) is 9.13. The van der Waals surface area contributed by atoms with Crippen molar-refractivity contribution in [2.75, 3.05) is 6.61 Å². The maximum absolute atomic E-state index is 5.66. The zero-order chi connectivity index (χ0) is 12.7. The average molecular weight is 234 g/mol. The van der Waals surface area contributed by atoms with Gasteiger partial charge < -0.3 is 10.5 Å². The summed E-state index contributed by atoms with van der Waals surface area (Å²) in [4.78, 5) is 4.46. The Bertz CT molecular complexity index is 374. The molecule has 0 saturated carbocycles. The Kier molecular flexibility index (Phi) is 5.70. The van der Waals surface area contributed by atoms with Crippen LogP contribution in [0.25, 0.3) is 0 Å². The molecule has 1 aromatic rings. The molecule has 0 amide bonds. The molecule has 0 aliphatic rings. The third kappa shape index (κ3) is 5.00. The number of rotatable bonds is 7. The van der Waals surface area contributed by atoms with Crippen LogP contribution in [0.4, 0.5) is 0 Å². The van der Waals surface area contributed by atoms with Crippen LogP contribution in [0.15, 0.2) is 24.3 Å². The number of pyridine rings is 1. The first-order valence-electron chi connectivity index (χ1n) is 6.12. The van der Waals surface area contributed by atoms with Crippen LogP contribution >= 0.6 is 0 Å². The molecular formula is C14H22N2O. The second-order valence-electron chi connectivity index (χ2n) is 4.31. The fourth-order valence-electron chi connectivity index (χ4n) is 1.53. The van der Waals surface area contributed by atoms with E-state index in [-0.39, 0.29) is 0 Å². The zero-order valence-electron chi connectivity index (χ0n) is 10.8. The van der Waals surface area contributed by atoms with Crippen molar-refractivity contribution >= 4 is 0 Å². The minimum absolute atomic E-state index is 0.524. The number of nitrogens with two attached hydrogens (primary N) is 1. The highest BCUT2D eigenvalue weighted by molar-refractivity contribution is 5.25. The smallest absolute Gasteiger partial charge is 0.213 e. The second kappa shape index (κ2) is 7.07. The van der Waals surface area contributed by atoms with E-state index in [1.807, 2.05) is 13.0 Å². The predicted octanol–water partition coefficient (Wildman–Crippen LogP) is 2.84. The summed E-state index contributed by atoms with van der Waals surface area (Å²) in [5.74, 6) is 0.678. The van der Waals surface area contributed by atoms with Gasteiger partial charge in [-0.3, -0.25) is 0 Å². The van der Waals surface area contributed by atoms with Crippen molar-refractivity contribution < 1.29 is 4.74 Å². The lowest BCUT2D eigenvalue weighted by Crippen LogP contribution is -2.04. The molecule has 94 valence electrons. The summed E-state index contributed by atoms with van der Waals surface area (Å²) in [6, 6.07) is 3.96. The first-order valence-corrected chi connectivity index (χ1v) is 6.12. The number of aryl methyl sites for hydroxylation is 1. The van der Waals surface area contributed by atoms with E-state index >= 15 is 0 Å². The molecule has 0 bridgehead atoms. The van der Waals surface area contributed by atoms with Gasteiger partial charge in [-0.1, -0.05) is 18.9 Å².